The molecule has 1 aromatic carbocycles. The Hall–Kier alpha value is -3.64. The summed E-state index contributed by atoms with van der Waals surface area (Å²) in [5, 5.41) is 6.05. The van der Waals surface area contributed by atoms with Gasteiger partial charge in [-0.2, -0.15) is 0 Å². The van der Waals surface area contributed by atoms with E-state index in [2.05, 4.69) is 35.3 Å². The van der Waals surface area contributed by atoms with Gasteiger partial charge in [-0.25, -0.2) is 19.6 Å². The molecule has 0 fully saturated rings. The number of para-hydroxylation sites is 1. The first-order valence-electron chi connectivity index (χ1n) is 13.7. The maximum Gasteiger partial charge on any atom is 0.407 e. The van der Waals surface area contributed by atoms with Crippen molar-refractivity contribution in [3.05, 3.63) is 47.8 Å². The number of ether oxygens (including phenoxy) is 4. The molecule has 0 aliphatic heterocycles. The molecule has 41 heavy (non-hydrogen) atoms. The van der Waals surface area contributed by atoms with E-state index in [1.54, 1.807) is 17.0 Å². The number of alkyl carbamates (subject to hydrolysis) is 1. The molecule has 0 radical (unpaired) electrons. The van der Waals surface area contributed by atoms with Gasteiger partial charge in [0, 0.05) is 26.4 Å². The molecule has 1 unspecified atom stereocenters. The highest BCUT2D eigenvalue weighted by molar-refractivity contribution is 6.76. The van der Waals surface area contributed by atoms with Gasteiger partial charge in [-0.15, -0.1) is 0 Å². The van der Waals surface area contributed by atoms with Gasteiger partial charge in [-0.1, -0.05) is 37.8 Å². The quantitative estimate of drug-likeness (QED) is 0.150. The predicted molar refractivity (Wildman–Crippen MR) is 161 cm³/mol. The van der Waals surface area contributed by atoms with Crippen molar-refractivity contribution in [2.75, 3.05) is 32.2 Å². The first kappa shape index (κ1) is 31.9. The van der Waals surface area contributed by atoms with Crippen molar-refractivity contribution >= 4 is 37.1 Å². The summed E-state index contributed by atoms with van der Waals surface area (Å²) in [6, 6.07) is 8.47. The van der Waals surface area contributed by atoms with Crippen LogP contribution >= 0.6 is 0 Å². The van der Waals surface area contributed by atoms with Crippen LogP contribution in [0.25, 0.3) is 11.2 Å². The minimum atomic E-state index is -1.22. The maximum atomic E-state index is 12.5. The van der Waals surface area contributed by atoms with Gasteiger partial charge >= 0.3 is 12.1 Å². The Morgan fingerprint density at radius 3 is 2.54 bits per heavy atom. The van der Waals surface area contributed by atoms with Crippen LogP contribution in [0.2, 0.25) is 25.7 Å². The van der Waals surface area contributed by atoms with Gasteiger partial charge in [0.05, 0.1) is 25.9 Å². The molecule has 0 aliphatic rings. The van der Waals surface area contributed by atoms with E-state index >= 15 is 0 Å². The zero-order valence-electron chi connectivity index (χ0n) is 25.4. The summed E-state index contributed by atoms with van der Waals surface area (Å²) in [6.45, 7) is 15.8. The summed E-state index contributed by atoms with van der Waals surface area (Å²) < 4.78 is 23.9. The first-order valence-corrected chi connectivity index (χ1v) is 17.4. The standard InChI is InChI=1S/C29H43N5O6Si/c1-20(21-11-9-10-12-23(21)39-14-13-30-28(36)40-29(2,3)4)32-24-17-31-26-25(33-24)22(27(35)37-5)18-34(26)19-38-15-16-41(6,7)8/h9-12,17-18,20H,13-16,19H2,1-8H3,(H,30,36)(H,32,33). The third-order valence-corrected chi connectivity index (χ3v) is 7.68. The van der Waals surface area contributed by atoms with Crippen LogP contribution < -0.4 is 15.4 Å². The molecule has 2 N–H and O–H groups in total. The van der Waals surface area contributed by atoms with Gasteiger partial charge in [0.15, 0.2) is 5.65 Å². The Labute approximate surface area is 242 Å². The van der Waals surface area contributed by atoms with Gasteiger partial charge in [0.1, 0.15) is 41.6 Å². The van der Waals surface area contributed by atoms with Crippen LogP contribution in [0.15, 0.2) is 36.7 Å². The first-order chi connectivity index (χ1) is 19.3. The molecule has 0 saturated carbocycles. The number of benzene rings is 1. The molecule has 224 valence electrons. The van der Waals surface area contributed by atoms with E-state index in [1.807, 2.05) is 52.0 Å². The second-order valence-electron chi connectivity index (χ2n) is 12.0. The Morgan fingerprint density at radius 2 is 1.85 bits per heavy atom. The van der Waals surface area contributed by atoms with E-state index in [4.69, 9.17) is 23.9 Å². The number of carbonyl (C=O) groups excluding carboxylic acids is 2. The smallest absolute Gasteiger partial charge is 0.407 e. The molecule has 2 heterocycles. The molecule has 0 aliphatic carbocycles. The zero-order valence-corrected chi connectivity index (χ0v) is 26.4. The number of rotatable bonds is 13. The largest absolute Gasteiger partial charge is 0.491 e. The molecule has 0 saturated heterocycles. The van der Waals surface area contributed by atoms with Crippen molar-refractivity contribution in [3.8, 4) is 5.75 Å². The highest BCUT2D eigenvalue weighted by Crippen LogP contribution is 2.28. The van der Waals surface area contributed by atoms with Gasteiger partial charge in [0.2, 0.25) is 0 Å². The lowest BCUT2D eigenvalue weighted by molar-refractivity contribution is 0.0519. The van der Waals surface area contributed by atoms with Crippen LogP contribution in [-0.2, 0) is 20.9 Å². The van der Waals surface area contributed by atoms with Crippen LogP contribution in [0.1, 0.15) is 49.7 Å². The Bertz CT molecular complexity index is 1330. The Morgan fingerprint density at radius 1 is 1.12 bits per heavy atom. The number of nitrogens with one attached hydrogen (secondary N) is 2. The molecule has 0 bridgehead atoms. The van der Waals surface area contributed by atoms with Crippen LogP contribution in [0.4, 0.5) is 10.6 Å². The Balaban J connectivity index is 1.70. The number of esters is 1. The summed E-state index contributed by atoms with van der Waals surface area (Å²) in [7, 11) is 0.120. The molecular weight excluding hydrogens is 542 g/mol. The number of nitrogens with zero attached hydrogens (tertiary/aromatic N) is 3. The molecular formula is C29H43N5O6Si. The van der Waals surface area contributed by atoms with Gasteiger partial charge < -0.3 is 34.1 Å². The second-order valence-corrected chi connectivity index (χ2v) is 17.6. The number of amides is 1. The number of carbonyl (C=O) groups is 2. The monoisotopic (exact) mass is 585 g/mol. The molecule has 1 atom stereocenters. The van der Waals surface area contributed by atoms with E-state index in [0.717, 1.165) is 11.6 Å². The molecule has 3 rings (SSSR count). The Kier molecular flexibility index (Phi) is 10.7. The fraction of sp³-hybridized carbons (Fsp3) is 0.517. The number of anilines is 1. The van der Waals surface area contributed by atoms with Gasteiger partial charge in [0.25, 0.3) is 0 Å². The molecule has 1 amide bonds. The number of aromatic nitrogens is 3. The van der Waals surface area contributed by atoms with Crippen molar-refractivity contribution in [1.29, 1.82) is 0 Å². The SMILES string of the molecule is COC(=O)c1cn(COCC[Si](C)(C)C)c2ncc(NC(C)c3ccccc3OCCNC(=O)OC(C)(C)C)nc12. The summed E-state index contributed by atoms with van der Waals surface area (Å²) in [5.74, 6) is 0.674. The normalized spacial score (nSPS) is 12.6. The molecule has 0 spiro atoms. The van der Waals surface area contributed by atoms with E-state index in [0.29, 0.717) is 41.4 Å². The zero-order chi connectivity index (χ0) is 30.2. The predicted octanol–water partition coefficient (Wildman–Crippen LogP) is 5.61. The van der Waals surface area contributed by atoms with Gasteiger partial charge in [-0.3, -0.25) is 0 Å². The summed E-state index contributed by atoms with van der Waals surface area (Å²) in [6.07, 6.45) is 2.82. The topological polar surface area (TPSA) is 126 Å². The number of fused-ring (bicyclic) bond motifs is 1. The van der Waals surface area contributed by atoms with Crippen molar-refractivity contribution in [2.24, 2.45) is 0 Å². The third-order valence-electron chi connectivity index (χ3n) is 5.98. The van der Waals surface area contributed by atoms with Crippen molar-refractivity contribution in [1.82, 2.24) is 19.9 Å². The van der Waals surface area contributed by atoms with Crippen molar-refractivity contribution in [2.45, 2.75) is 71.8 Å². The summed E-state index contributed by atoms with van der Waals surface area (Å²) >= 11 is 0. The summed E-state index contributed by atoms with van der Waals surface area (Å²) in [5.41, 5.74) is 1.62. The van der Waals surface area contributed by atoms with Crippen molar-refractivity contribution in [3.63, 3.8) is 0 Å². The lowest BCUT2D eigenvalue weighted by Gasteiger charge is -2.20. The molecule has 2 aromatic heterocycles. The van der Waals surface area contributed by atoms with Crippen LogP contribution in [-0.4, -0.2) is 67.1 Å². The number of hydrogen-bond acceptors (Lipinski definition) is 9. The van der Waals surface area contributed by atoms with E-state index in [1.165, 1.54) is 7.11 Å². The third kappa shape index (κ3) is 9.75. The van der Waals surface area contributed by atoms with Gasteiger partial charge in [-0.05, 0) is 39.8 Å². The van der Waals surface area contributed by atoms with E-state index in [-0.39, 0.29) is 19.4 Å². The molecule has 12 heteroatoms. The lowest BCUT2D eigenvalue weighted by Crippen LogP contribution is -2.34. The van der Waals surface area contributed by atoms with E-state index in [9.17, 15) is 9.59 Å². The minimum absolute atomic E-state index is 0.203. The fourth-order valence-electron chi connectivity index (χ4n) is 3.92. The number of hydrogen-bond donors (Lipinski definition) is 2. The van der Waals surface area contributed by atoms with Crippen molar-refractivity contribution < 1.29 is 28.5 Å². The summed E-state index contributed by atoms with van der Waals surface area (Å²) in [4.78, 5) is 33.7. The average Bonchev–Trinajstić information content (AvgIpc) is 3.25. The van der Waals surface area contributed by atoms with E-state index < -0.39 is 25.7 Å². The number of methoxy groups -OCH3 is 1. The molecule has 3 aromatic rings. The minimum Gasteiger partial charge on any atom is -0.491 e. The lowest BCUT2D eigenvalue weighted by atomic mass is 10.1. The highest BCUT2D eigenvalue weighted by atomic mass is 28.3. The average molecular weight is 586 g/mol. The fourth-order valence-corrected chi connectivity index (χ4v) is 4.67. The second kappa shape index (κ2) is 13.8. The van der Waals surface area contributed by atoms with Crippen LogP contribution in [0.3, 0.4) is 0 Å². The highest BCUT2D eigenvalue weighted by Gasteiger charge is 2.21. The molecule has 11 nitrogen and oxygen atoms in total. The van der Waals surface area contributed by atoms with Crippen LogP contribution in [0.5, 0.6) is 5.75 Å². The van der Waals surface area contributed by atoms with Crippen LogP contribution in [0, 0.1) is 0 Å². The maximum absolute atomic E-state index is 12.5.